The molecule has 0 saturated carbocycles. The van der Waals surface area contributed by atoms with Gasteiger partial charge in [-0.25, -0.2) is 0 Å². The number of nitrogens with zero attached hydrogens (tertiary/aromatic N) is 2. The molecule has 0 N–H and O–H groups in total. The third kappa shape index (κ3) is 5.07. The normalized spacial score (nSPS) is 20.4. The number of rotatable bonds is 6. The van der Waals surface area contributed by atoms with E-state index < -0.39 is 0 Å². The van der Waals surface area contributed by atoms with Gasteiger partial charge < -0.3 is 0 Å². The lowest BCUT2D eigenvalue weighted by molar-refractivity contribution is -0.568. The van der Waals surface area contributed by atoms with Crippen LogP contribution in [0.5, 0.6) is 0 Å². The molecule has 0 spiro atoms. The van der Waals surface area contributed by atoms with Gasteiger partial charge in [0.05, 0.1) is 0 Å². The molecule has 1 aliphatic rings. The van der Waals surface area contributed by atoms with Gasteiger partial charge in [0.25, 0.3) is 12.1 Å². The zero-order valence-electron chi connectivity index (χ0n) is 17.7. The van der Waals surface area contributed by atoms with E-state index in [1.54, 1.807) is 0 Å². The van der Waals surface area contributed by atoms with Crippen molar-refractivity contribution in [2.24, 2.45) is 0 Å². The summed E-state index contributed by atoms with van der Waals surface area (Å²) in [5.74, 6) is 0.135. The average Bonchev–Trinajstić information content (AvgIpc) is 3.04. The molecular formula is C28H27N2O+. The first-order chi connectivity index (χ1) is 15.2. The van der Waals surface area contributed by atoms with Gasteiger partial charge in [-0.1, -0.05) is 97.1 Å². The Morgan fingerprint density at radius 2 is 1.35 bits per heavy atom. The quantitative estimate of drug-likeness (QED) is 0.533. The summed E-state index contributed by atoms with van der Waals surface area (Å²) in [7, 11) is 1.88. The fourth-order valence-electron chi connectivity index (χ4n) is 3.91. The van der Waals surface area contributed by atoms with Crippen LogP contribution in [0.2, 0.25) is 0 Å². The molecule has 3 heteroatoms. The van der Waals surface area contributed by atoms with Crippen molar-refractivity contribution < 1.29 is 9.37 Å². The fourth-order valence-corrected chi connectivity index (χ4v) is 3.91. The molecule has 154 valence electrons. The van der Waals surface area contributed by atoms with Crippen molar-refractivity contribution >= 4 is 24.3 Å². The van der Waals surface area contributed by atoms with Crippen LogP contribution in [0.4, 0.5) is 0 Å². The third-order valence-corrected chi connectivity index (χ3v) is 5.57. The molecule has 0 unspecified atom stereocenters. The van der Waals surface area contributed by atoms with Crippen molar-refractivity contribution in [3.8, 4) is 0 Å². The first-order valence-corrected chi connectivity index (χ1v) is 10.6. The van der Waals surface area contributed by atoms with E-state index in [0.717, 1.165) is 16.7 Å². The lowest BCUT2D eigenvalue weighted by Crippen LogP contribution is -2.31. The van der Waals surface area contributed by atoms with Gasteiger partial charge in [0.15, 0.2) is 6.21 Å². The monoisotopic (exact) mass is 407 g/mol. The first kappa shape index (κ1) is 20.5. The lowest BCUT2D eigenvalue weighted by Gasteiger charge is -2.11. The van der Waals surface area contributed by atoms with Gasteiger partial charge in [-0.05, 0) is 22.8 Å². The molecule has 1 saturated heterocycles. The Bertz CT molecular complexity index is 1090. The summed E-state index contributed by atoms with van der Waals surface area (Å²) in [4.78, 5) is 15.0. The topological polar surface area (TPSA) is 23.3 Å². The Morgan fingerprint density at radius 3 is 1.97 bits per heavy atom. The average molecular weight is 408 g/mol. The highest BCUT2D eigenvalue weighted by Crippen LogP contribution is 2.21. The minimum absolute atomic E-state index is 0.135. The summed E-state index contributed by atoms with van der Waals surface area (Å²) in [6.45, 7) is 0. The number of likely N-dealkylation sites (N-methyl/N-ethyl adjacent to an activating group) is 1. The maximum Gasteiger partial charge on any atom is 0.296 e. The van der Waals surface area contributed by atoms with E-state index >= 15 is 0 Å². The molecule has 0 aliphatic carbocycles. The molecule has 0 aromatic heterocycles. The Labute approximate surface area is 184 Å². The molecule has 2 atom stereocenters. The predicted octanol–water partition coefficient (Wildman–Crippen LogP) is 4.91. The number of amides is 1. The van der Waals surface area contributed by atoms with Gasteiger partial charge in [-0.2, -0.15) is 4.58 Å². The van der Waals surface area contributed by atoms with Crippen LogP contribution in [0.1, 0.15) is 16.7 Å². The Morgan fingerprint density at radius 1 is 0.806 bits per heavy atom. The summed E-state index contributed by atoms with van der Waals surface area (Å²) in [6, 6.07) is 30.4. The number of allylic oxidation sites excluding steroid dienone is 1. The molecule has 0 bridgehead atoms. The smallest absolute Gasteiger partial charge is 0.278 e. The second kappa shape index (κ2) is 9.86. The van der Waals surface area contributed by atoms with Crippen molar-refractivity contribution in [1.29, 1.82) is 0 Å². The second-order valence-corrected chi connectivity index (χ2v) is 7.70. The van der Waals surface area contributed by atoms with Gasteiger partial charge in [-0.15, -0.1) is 0 Å². The van der Waals surface area contributed by atoms with Crippen molar-refractivity contribution in [3.63, 3.8) is 0 Å². The van der Waals surface area contributed by atoms with E-state index in [1.165, 1.54) is 0 Å². The molecule has 1 aliphatic heterocycles. The van der Waals surface area contributed by atoms with Crippen LogP contribution >= 0.6 is 0 Å². The van der Waals surface area contributed by atoms with E-state index in [9.17, 15) is 4.79 Å². The molecule has 3 aromatic carbocycles. The van der Waals surface area contributed by atoms with E-state index in [1.807, 2.05) is 78.8 Å². The van der Waals surface area contributed by atoms with E-state index in [2.05, 4.69) is 59.2 Å². The van der Waals surface area contributed by atoms with Crippen LogP contribution < -0.4 is 0 Å². The van der Waals surface area contributed by atoms with E-state index in [4.69, 9.17) is 0 Å². The third-order valence-electron chi connectivity index (χ3n) is 5.57. The Balaban J connectivity index is 1.66. The number of benzene rings is 3. The standard InChI is InChI=1S/C28H27N2O/c1-29-27(20-19-24-14-7-3-8-15-24)30(21-11-18-23-12-5-2-6-13-23)26(28(29)31)22-25-16-9-4-10-17-25/h2-21,26-27H,22H2,1H3/q+1/b18-11+,20-19+,30-21-/t26-,27+/m0/s1. The van der Waals surface area contributed by atoms with Crippen LogP contribution in [0.15, 0.2) is 103 Å². The molecule has 3 nitrogen and oxygen atoms in total. The molecule has 4 rings (SSSR count). The molecule has 31 heavy (non-hydrogen) atoms. The van der Waals surface area contributed by atoms with E-state index in [0.29, 0.717) is 6.42 Å². The minimum Gasteiger partial charge on any atom is -0.278 e. The van der Waals surface area contributed by atoms with Gasteiger partial charge in [0.2, 0.25) is 6.04 Å². The predicted molar refractivity (Wildman–Crippen MR) is 128 cm³/mol. The van der Waals surface area contributed by atoms with Crippen molar-refractivity contribution in [1.82, 2.24) is 4.90 Å². The van der Waals surface area contributed by atoms with Gasteiger partial charge >= 0.3 is 0 Å². The SMILES string of the molecule is CN1C(=O)[C@H](Cc2ccccc2)/[N+](=C/C=C/c2ccccc2)[C@@H]1/C=C/c1ccccc1. The highest BCUT2D eigenvalue weighted by atomic mass is 16.2. The van der Waals surface area contributed by atoms with Crippen molar-refractivity contribution in [2.75, 3.05) is 7.05 Å². The summed E-state index contributed by atoms with van der Waals surface area (Å²) in [5, 5.41) is 0. The first-order valence-electron chi connectivity index (χ1n) is 10.6. The zero-order chi connectivity index (χ0) is 21.5. The maximum absolute atomic E-state index is 13.2. The van der Waals surface area contributed by atoms with Crippen LogP contribution in [0, 0.1) is 0 Å². The molecule has 0 radical (unpaired) electrons. The van der Waals surface area contributed by atoms with Gasteiger partial charge in [0.1, 0.15) is 0 Å². The molecular weight excluding hydrogens is 380 g/mol. The van der Waals surface area contributed by atoms with Crippen molar-refractivity contribution in [3.05, 3.63) is 120 Å². The van der Waals surface area contributed by atoms with Crippen LogP contribution in [0.3, 0.4) is 0 Å². The fraction of sp³-hybridized carbons (Fsp3) is 0.143. The molecule has 3 aromatic rings. The highest BCUT2D eigenvalue weighted by Gasteiger charge is 2.46. The number of hydrogen-bond donors (Lipinski definition) is 0. The van der Waals surface area contributed by atoms with E-state index in [-0.39, 0.29) is 18.1 Å². The van der Waals surface area contributed by atoms with Crippen LogP contribution in [-0.4, -0.2) is 40.9 Å². The zero-order valence-corrected chi connectivity index (χ0v) is 17.7. The number of hydrogen-bond acceptors (Lipinski definition) is 1. The summed E-state index contributed by atoms with van der Waals surface area (Å²) < 4.78 is 2.16. The summed E-state index contributed by atoms with van der Waals surface area (Å²) in [5.41, 5.74) is 3.41. The maximum atomic E-state index is 13.2. The van der Waals surface area contributed by atoms with Crippen LogP contribution in [-0.2, 0) is 11.2 Å². The lowest BCUT2D eigenvalue weighted by atomic mass is 10.1. The molecule has 1 heterocycles. The molecule has 1 fully saturated rings. The summed E-state index contributed by atoms with van der Waals surface area (Å²) in [6.07, 6.45) is 10.9. The Kier molecular flexibility index (Phi) is 6.53. The largest absolute Gasteiger partial charge is 0.296 e. The number of carbonyl (C=O) groups is 1. The Hall–Kier alpha value is -3.72. The minimum atomic E-state index is -0.238. The van der Waals surface area contributed by atoms with Gasteiger partial charge in [-0.3, -0.25) is 9.69 Å². The van der Waals surface area contributed by atoms with Crippen molar-refractivity contribution in [2.45, 2.75) is 18.6 Å². The molecule has 1 amide bonds. The summed E-state index contributed by atoms with van der Waals surface area (Å²) >= 11 is 0. The second-order valence-electron chi connectivity index (χ2n) is 7.70. The highest BCUT2D eigenvalue weighted by molar-refractivity contribution is 5.85. The van der Waals surface area contributed by atoms with Gasteiger partial charge in [0, 0.05) is 25.6 Å². The number of carbonyl (C=O) groups excluding carboxylic acids is 1. The van der Waals surface area contributed by atoms with Crippen LogP contribution in [0.25, 0.3) is 12.2 Å².